The van der Waals surface area contributed by atoms with Crippen LogP contribution in [0.1, 0.15) is 45.6 Å². The van der Waals surface area contributed by atoms with Crippen LogP contribution in [0.3, 0.4) is 0 Å². The molecule has 15 heteroatoms. The molecule has 0 aliphatic carbocycles. The van der Waals surface area contributed by atoms with Gasteiger partial charge in [0.25, 0.3) is 11.8 Å². The number of hydrogen-bond donors (Lipinski definition) is 2. The first-order valence-corrected chi connectivity index (χ1v) is 15.3. The molecule has 2 heterocycles. The highest BCUT2D eigenvalue weighted by atomic mass is 31.2. The third-order valence-corrected chi connectivity index (χ3v) is 7.63. The van der Waals surface area contributed by atoms with Gasteiger partial charge in [0, 0.05) is 38.8 Å². The summed E-state index contributed by atoms with van der Waals surface area (Å²) in [5, 5.41) is 2.72. The fourth-order valence-electron chi connectivity index (χ4n) is 4.50. The fourth-order valence-corrected chi connectivity index (χ4v) is 5.80. The second kappa shape index (κ2) is 15.6. The van der Waals surface area contributed by atoms with E-state index in [0.717, 1.165) is 22.6 Å². The molecule has 2 unspecified atom stereocenters. The lowest BCUT2D eigenvalue weighted by molar-refractivity contribution is -0.137. The Hall–Kier alpha value is -3.13. The molecule has 1 aromatic rings. The minimum Gasteiger partial charge on any atom is -0.431 e. The molecule has 1 aromatic carbocycles. The van der Waals surface area contributed by atoms with Gasteiger partial charge in [0.1, 0.15) is 31.5 Å². The number of phosphoric acid groups is 1. The molecular weight excluding hydrogens is 587 g/mol. The first-order valence-electron chi connectivity index (χ1n) is 13.8. The van der Waals surface area contributed by atoms with Crippen LogP contribution >= 0.6 is 7.82 Å². The Labute approximate surface area is 250 Å². The zero-order valence-electron chi connectivity index (χ0n) is 24.6. The van der Waals surface area contributed by atoms with Gasteiger partial charge in [-0.2, -0.15) is 0 Å². The molecule has 3 rings (SSSR count). The number of methoxy groups -OCH3 is 1. The molecule has 238 valence electrons. The van der Waals surface area contributed by atoms with Gasteiger partial charge in [-0.25, -0.2) is 9.36 Å². The second-order valence-corrected chi connectivity index (χ2v) is 12.2. The minimum absolute atomic E-state index is 0.00698. The highest BCUT2D eigenvalue weighted by Gasteiger charge is 2.50. The Morgan fingerprint density at radius 2 is 1.72 bits per heavy atom. The number of ether oxygens (including phenoxy) is 4. The molecule has 2 N–H and O–H groups in total. The maximum absolute atomic E-state index is 12.8. The van der Waals surface area contributed by atoms with Crippen molar-refractivity contribution < 1.29 is 56.6 Å². The number of carbonyl (C=O) groups is 4. The zero-order chi connectivity index (χ0) is 31.6. The zero-order valence-corrected chi connectivity index (χ0v) is 25.5. The van der Waals surface area contributed by atoms with E-state index in [1.165, 1.54) is 7.11 Å². The average molecular weight is 627 g/mol. The number of phosphoric ester groups is 1. The van der Waals surface area contributed by atoms with Crippen molar-refractivity contribution in [2.75, 3.05) is 26.8 Å². The van der Waals surface area contributed by atoms with Crippen molar-refractivity contribution in [1.29, 1.82) is 0 Å². The number of carbonyl (C=O) groups excluding carboxylic acids is 4. The van der Waals surface area contributed by atoms with Gasteiger partial charge in [-0.15, -0.1) is 0 Å². The number of benzene rings is 1. The van der Waals surface area contributed by atoms with Gasteiger partial charge < -0.3 is 29.2 Å². The average Bonchev–Trinajstić information content (AvgIpc) is 3.43. The molecule has 5 atom stereocenters. The maximum atomic E-state index is 12.8. The topological polar surface area (TPSA) is 176 Å². The lowest BCUT2D eigenvalue weighted by Gasteiger charge is -2.28. The summed E-state index contributed by atoms with van der Waals surface area (Å²) in [7, 11) is -3.21. The van der Waals surface area contributed by atoms with Gasteiger partial charge in [-0.1, -0.05) is 30.3 Å². The third kappa shape index (κ3) is 11.1. The lowest BCUT2D eigenvalue weighted by atomic mass is 10.0. The highest BCUT2D eigenvalue weighted by molar-refractivity contribution is 7.47. The molecule has 2 aliphatic rings. The number of amides is 3. The van der Waals surface area contributed by atoms with Crippen LogP contribution < -0.4 is 5.32 Å². The van der Waals surface area contributed by atoms with Gasteiger partial charge in [-0.05, 0) is 39.2 Å². The van der Waals surface area contributed by atoms with Crippen LogP contribution in [-0.2, 0) is 53.6 Å². The van der Waals surface area contributed by atoms with Crippen molar-refractivity contribution in [3.8, 4) is 0 Å². The van der Waals surface area contributed by atoms with Crippen LogP contribution in [0.5, 0.6) is 0 Å². The van der Waals surface area contributed by atoms with E-state index in [9.17, 15) is 28.6 Å². The maximum Gasteiger partial charge on any atom is 0.508 e. The van der Waals surface area contributed by atoms with Gasteiger partial charge in [0.2, 0.25) is 5.91 Å². The SMILES string of the molecule is CO[C@H]1C(OP(=O)(O)OC(C)(C)C)[C@@H](COC(=O)OCc2ccccc2)O[C@H]1CCCNC(=O)CCN1C(=O)C=CC1=O. The van der Waals surface area contributed by atoms with E-state index >= 15 is 0 Å². The molecular formula is C28H39N2O12P. The van der Waals surface area contributed by atoms with Crippen LogP contribution in [0, 0.1) is 0 Å². The van der Waals surface area contributed by atoms with Crippen LogP contribution in [0.4, 0.5) is 4.79 Å². The van der Waals surface area contributed by atoms with Crippen molar-refractivity contribution in [3.05, 3.63) is 48.0 Å². The van der Waals surface area contributed by atoms with E-state index in [0.29, 0.717) is 12.8 Å². The van der Waals surface area contributed by atoms with Gasteiger partial charge in [0.15, 0.2) is 0 Å². The summed E-state index contributed by atoms with van der Waals surface area (Å²) < 4.78 is 45.5. The summed E-state index contributed by atoms with van der Waals surface area (Å²) in [6.07, 6.45) is -1.56. The molecule has 0 spiro atoms. The molecule has 0 radical (unpaired) electrons. The predicted octanol–water partition coefficient (Wildman–Crippen LogP) is 2.63. The first-order chi connectivity index (χ1) is 20.3. The highest BCUT2D eigenvalue weighted by Crippen LogP contribution is 2.50. The summed E-state index contributed by atoms with van der Waals surface area (Å²) in [5.74, 6) is -1.26. The largest absolute Gasteiger partial charge is 0.508 e. The number of nitrogens with one attached hydrogen (secondary N) is 1. The van der Waals surface area contributed by atoms with E-state index in [1.54, 1.807) is 45.0 Å². The smallest absolute Gasteiger partial charge is 0.431 e. The molecule has 0 bridgehead atoms. The van der Waals surface area contributed by atoms with E-state index in [-0.39, 0.29) is 38.6 Å². The van der Waals surface area contributed by atoms with Crippen molar-refractivity contribution in [3.63, 3.8) is 0 Å². The molecule has 14 nitrogen and oxygen atoms in total. The molecule has 1 saturated heterocycles. The molecule has 0 saturated carbocycles. The fraction of sp³-hybridized carbons (Fsp3) is 0.571. The molecule has 3 amide bonds. The Morgan fingerprint density at radius 1 is 1.05 bits per heavy atom. The van der Waals surface area contributed by atoms with Crippen LogP contribution in [0.25, 0.3) is 0 Å². The predicted molar refractivity (Wildman–Crippen MR) is 150 cm³/mol. The quantitative estimate of drug-likeness (QED) is 0.126. The van der Waals surface area contributed by atoms with Crippen molar-refractivity contribution in [2.24, 2.45) is 0 Å². The van der Waals surface area contributed by atoms with E-state index in [4.69, 9.17) is 28.0 Å². The van der Waals surface area contributed by atoms with Gasteiger partial charge in [-0.3, -0.25) is 28.3 Å². The van der Waals surface area contributed by atoms with Gasteiger partial charge >= 0.3 is 14.0 Å². The van der Waals surface area contributed by atoms with Crippen LogP contribution in [-0.4, -0.2) is 90.5 Å². The number of hydrogen-bond acceptors (Lipinski definition) is 11. The number of nitrogens with zero attached hydrogens (tertiary/aromatic N) is 1. The van der Waals surface area contributed by atoms with E-state index in [1.807, 2.05) is 6.07 Å². The van der Waals surface area contributed by atoms with E-state index < -0.39 is 55.8 Å². The molecule has 43 heavy (non-hydrogen) atoms. The Bertz CT molecular complexity index is 1180. The summed E-state index contributed by atoms with van der Waals surface area (Å²) >= 11 is 0. The first kappa shape index (κ1) is 34.4. The van der Waals surface area contributed by atoms with E-state index in [2.05, 4.69) is 5.32 Å². The Kier molecular flexibility index (Phi) is 12.4. The standard InChI is InChI=1S/C28H39N2O12P/c1-28(2,3)42-43(35,36)41-26-21(18-39-27(34)38-17-19-9-6-5-7-10-19)40-20(25(26)37-4)11-8-15-29-22(31)14-16-30-23(32)12-13-24(30)33/h5-7,9-10,12-13,20-21,25-26H,8,11,14-18H2,1-4H3,(H,29,31)(H,35,36)/t20-,21+,25+,26?/m0/s1. The third-order valence-electron chi connectivity index (χ3n) is 6.34. The van der Waals surface area contributed by atoms with Crippen molar-refractivity contribution >= 4 is 31.7 Å². The summed E-state index contributed by atoms with van der Waals surface area (Å²) in [6, 6.07) is 9.01. The monoisotopic (exact) mass is 626 g/mol. The summed E-state index contributed by atoms with van der Waals surface area (Å²) in [4.78, 5) is 59.1. The molecule has 2 aliphatic heterocycles. The molecule has 0 aromatic heterocycles. The second-order valence-electron chi connectivity index (χ2n) is 10.9. The molecule has 1 fully saturated rings. The minimum atomic E-state index is -4.59. The number of rotatable bonds is 15. The lowest BCUT2D eigenvalue weighted by Crippen LogP contribution is -2.39. The van der Waals surface area contributed by atoms with Crippen LogP contribution in [0.2, 0.25) is 0 Å². The Balaban J connectivity index is 1.54. The van der Waals surface area contributed by atoms with Crippen molar-refractivity contribution in [1.82, 2.24) is 10.2 Å². The Morgan fingerprint density at radius 3 is 2.35 bits per heavy atom. The summed E-state index contributed by atoms with van der Waals surface area (Å²) in [5.41, 5.74) is -0.233. The summed E-state index contributed by atoms with van der Waals surface area (Å²) in [6.45, 7) is 4.64. The van der Waals surface area contributed by atoms with Crippen molar-refractivity contribution in [2.45, 2.75) is 76.7 Å². The number of imide groups is 1. The van der Waals surface area contributed by atoms with Gasteiger partial charge in [0.05, 0.1) is 11.7 Å². The normalized spacial score (nSPS) is 23.3. The van der Waals surface area contributed by atoms with Crippen LogP contribution in [0.15, 0.2) is 42.5 Å².